The van der Waals surface area contributed by atoms with E-state index in [1.165, 1.54) is 11.6 Å². The second-order valence-electron chi connectivity index (χ2n) is 3.22. The molecule has 0 fully saturated rings. The van der Waals surface area contributed by atoms with Gasteiger partial charge in [-0.05, 0) is 17.7 Å². The summed E-state index contributed by atoms with van der Waals surface area (Å²) in [5.41, 5.74) is 1.35. The zero-order valence-corrected chi connectivity index (χ0v) is 10.0. The molecule has 0 amide bonds. The standard InChI is InChI=1S/C13H16O2S/c1-2-13(14)15-9-11-16-10-8-12-6-4-3-5-7-12/h2-7H,1,8-11H2. The molecule has 1 rings (SSSR count). The van der Waals surface area contributed by atoms with Crippen molar-refractivity contribution in [2.75, 3.05) is 18.1 Å². The van der Waals surface area contributed by atoms with Crippen LogP contribution in [0.2, 0.25) is 0 Å². The number of carbonyl (C=O) groups excluding carboxylic acids is 1. The van der Waals surface area contributed by atoms with E-state index >= 15 is 0 Å². The molecule has 1 aromatic rings. The first-order valence-electron chi connectivity index (χ1n) is 5.24. The van der Waals surface area contributed by atoms with Crippen LogP contribution in [0, 0.1) is 0 Å². The van der Waals surface area contributed by atoms with Gasteiger partial charge in [0.05, 0.1) is 0 Å². The van der Waals surface area contributed by atoms with E-state index in [4.69, 9.17) is 4.74 Å². The molecule has 0 aliphatic heterocycles. The highest BCUT2D eigenvalue weighted by Gasteiger charge is 1.96. The van der Waals surface area contributed by atoms with E-state index in [1.807, 2.05) is 18.2 Å². The van der Waals surface area contributed by atoms with Crippen LogP contribution >= 0.6 is 11.8 Å². The Morgan fingerprint density at radius 2 is 2.06 bits per heavy atom. The molecule has 0 bridgehead atoms. The zero-order chi connectivity index (χ0) is 11.6. The van der Waals surface area contributed by atoms with Gasteiger partial charge in [0.2, 0.25) is 0 Å². The molecule has 0 saturated carbocycles. The number of rotatable bonds is 7. The maximum Gasteiger partial charge on any atom is 0.330 e. The molecule has 0 atom stereocenters. The minimum Gasteiger partial charge on any atom is -0.462 e. The first kappa shape index (κ1) is 12.8. The third-order valence-corrected chi connectivity index (χ3v) is 2.96. The van der Waals surface area contributed by atoms with Crippen molar-refractivity contribution in [1.29, 1.82) is 0 Å². The van der Waals surface area contributed by atoms with E-state index in [9.17, 15) is 4.79 Å². The summed E-state index contributed by atoms with van der Waals surface area (Å²) in [5, 5.41) is 0. The van der Waals surface area contributed by atoms with Crippen molar-refractivity contribution in [3.05, 3.63) is 48.6 Å². The molecule has 0 saturated heterocycles. The number of hydrogen-bond donors (Lipinski definition) is 0. The monoisotopic (exact) mass is 236 g/mol. The average Bonchev–Trinajstić information content (AvgIpc) is 2.34. The lowest BCUT2D eigenvalue weighted by Crippen LogP contribution is -2.04. The lowest BCUT2D eigenvalue weighted by molar-refractivity contribution is -0.137. The Morgan fingerprint density at radius 1 is 1.31 bits per heavy atom. The predicted molar refractivity (Wildman–Crippen MR) is 68.6 cm³/mol. The number of thioether (sulfide) groups is 1. The molecule has 0 heterocycles. The summed E-state index contributed by atoms with van der Waals surface area (Å²) in [6.07, 6.45) is 2.25. The first-order valence-corrected chi connectivity index (χ1v) is 6.39. The van der Waals surface area contributed by atoms with Crippen molar-refractivity contribution in [3.8, 4) is 0 Å². The van der Waals surface area contributed by atoms with E-state index in [0.29, 0.717) is 6.61 Å². The Bertz CT molecular complexity index is 322. The van der Waals surface area contributed by atoms with Crippen LogP contribution in [-0.2, 0) is 16.0 Å². The van der Waals surface area contributed by atoms with Gasteiger partial charge in [0.15, 0.2) is 0 Å². The van der Waals surface area contributed by atoms with E-state index in [1.54, 1.807) is 11.8 Å². The molecule has 0 radical (unpaired) electrons. The third kappa shape index (κ3) is 5.61. The van der Waals surface area contributed by atoms with Gasteiger partial charge in [-0.25, -0.2) is 4.79 Å². The lowest BCUT2D eigenvalue weighted by Gasteiger charge is -2.02. The number of benzene rings is 1. The average molecular weight is 236 g/mol. The lowest BCUT2D eigenvalue weighted by atomic mass is 10.2. The highest BCUT2D eigenvalue weighted by Crippen LogP contribution is 2.06. The summed E-state index contributed by atoms with van der Waals surface area (Å²) in [7, 11) is 0. The van der Waals surface area contributed by atoms with Gasteiger partial charge in [-0.2, -0.15) is 11.8 Å². The molecule has 0 spiro atoms. The van der Waals surface area contributed by atoms with Gasteiger partial charge < -0.3 is 4.74 Å². The van der Waals surface area contributed by atoms with E-state index < -0.39 is 0 Å². The third-order valence-electron chi connectivity index (χ3n) is 2.02. The van der Waals surface area contributed by atoms with Crippen molar-refractivity contribution < 1.29 is 9.53 Å². The quantitative estimate of drug-likeness (QED) is 0.413. The van der Waals surface area contributed by atoms with E-state index in [0.717, 1.165) is 17.9 Å². The molecule has 2 nitrogen and oxygen atoms in total. The SMILES string of the molecule is C=CC(=O)OCCSCCc1ccccc1. The number of hydrogen-bond acceptors (Lipinski definition) is 3. The summed E-state index contributed by atoms with van der Waals surface area (Å²) >= 11 is 1.79. The summed E-state index contributed by atoms with van der Waals surface area (Å²) < 4.78 is 4.87. The van der Waals surface area contributed by atoms with Crippen LogP contribution in [-0.4, -0.2) is 24.1 Å². The number of esters is 1. The molecule has 1 aromatic carbocycles. The Balaban J connectivity index is 2.00. The van der Waals surface area contributed by atoms with Crippen molar-refractivity contribution >= 4 is 17.7 Å². The van der Waals surface area contributed by atoms with Gasteiger partial charge in [0, 0.05) is 11.8 Å². The fourth-order valence-corrected chi connectivity index (χ4v) is 1.98. The van der Waals surface area contributed by atoms with Crippen LogP contribution in [0.5, 0.6) is 0 Å². The van der Waals surface area contributed by atoms with Crippen LogP contribution in [0.4, 0.5) is 0 Å². The first-order chi connectivity index (χ1) is 7.83. The second kappa shape index (κ2) is 7.99. The Morgan fingerprint density at radius 3 is 2.75 bits per heavy atom. The fourth-order valence-electron chi connectivity index (χ4n) is 1.20. The minimum atomic E-state index is -0.344. The summed E-state index contributed by atoms with van der Waals surface area (Å²) in [5.74, 6) is 1.55. The molecule has 0 unspecified atom stereocenters. The molecule has 0 aromatic heterocycles. The molecule has 0 aliphatic rings. The van der Waals surface area contributed by atoms with Gasteiger partial charge in [0.25, 0.3) is 0 Å². The molecule has 86 valence electrons. The van der Waals surface area contributed by atoms with Crippen molar-refractivity contribution in [2.45, 2.75) is 6.42 Å². The van der Waals surface area contributed by atoms with E-state index in [-0.39, 0.29) is 5.97 Å². The normalized spacial score (nSPS) is 9.75. The maximum absolute atomic E-state index is 10.7. The van der Waals surface area contributed by atoms with Crippen molar-refractivity contribution in [2.24, 2.45) is 0 Å². The van der Waals surface area contributed by atoms with Crippen LogP contribution in [0.1, 0.15) is 5.56 Å². The Kier molecular flexibility index (Phi) is 6.42. The summed E-state index contributed by atoms with van der Waals surface area (Å²) in [6, 6.07) is 10.4. The van der Waals surface area contributed by atoms with E-state index in [2.05, 4.69) is 18.7 Å². The summed E-state index contributed by atoms with van der Waals surface area (Å²) in [4.78, 5) is 10.7. The molecular formula is C13H16O2S. The second-order valence-corrected chi connectivity index (χ2v) is 4.44. The van der Waals surface area contributed by atoms with Gasteiger partial charge in [-0.1, -0.05) is 36.9 Å². The van der Waals surface area contributed by atoms with Gasteiger partial charge in [-0.15, -0.1) is 0 Å². The molecule has 3 heteroatoms. The van der Waals surface area contributed by atoms with Crippen LogP contribution in [0.25, 0.3) is 0 Å². The number of ether oxygens (including phenoxy) is 1. The number of carbonyl (C=O) groups is 1. The smallest absolute Gasteiger partial charge is 0.330 e. The molecule has 0 aliphatic carbocycles. The van der Waals surface area contributed by atoms with Crippen molar-refractivity contribution in [1.82, 2.24) is 0 Å². The molecule has 16 heavy (non-hydrogen) atoms. The van der Waals surface area contributed by atoms with Gasteiger partial charge >= 0.3 is 5.97 Å². The topological polar surface area (TPSA) is 26.3 Å². The van der Waals surface area contributed by atoms with Crippen LogP contribution < -0.4 is 0 Å². The summed E-state index contributed by atoms with van der Waals surface area (Å²) in [6.45, 7) is 3.80. The molecule has 0 N–H and O–H groups in total. The fraction of sp³-hybridized carbons (Fsp3) is 0.308. The predicted octanol–water partition coefficient (Wildman–Crippen LogP) is 2.69. The van der Waals surface area contributed by atoms with Gasteiger partial charge in [0.1, 0.15) is 6.61 Å². The van der Waals surface area contributed by atoms with Crippen molar-refractivity contribution in [3.63, 3.8) is 0 Å². The molecular weight excluding hydrogens is 220 g/mol. The maximum atomic E-state index is 10.7. The minimum absolute atomic E-state index is 0.344. The van der Waals surface area contributed by atoms with Gasteiger partial charge in [-0.3, -0.25) is 0 Å². The Labute approximate surface area is 101 Å². The highest BCUT2D eigenvalue weighted by molar-refractivity contribution is 7.99. The van der Waals surface area contributed by atoms with Crippen LogP contribution in [0.3, 0.4) is 0 Å². The number of aryl methyl sites for hydroxylation is 1. The highest BCUT2D eigenvalue weighted by atomic mass is 32.2. The zero-order valence-electron chi connectivity index (χ0n) is 9.22. The Hall–Kier alpha value is -1.22. The largest absolute Gasteiger partial charge is 0.462 e. The van der Waals surface area contributed by atoms with Crippen LogP contribution in [0.15, 0.2) is 43.0 Å².